The smallest absolute Gasteiger partial charge is 0.418 e. The lowest BCUT2D eigenvalue weighted by Crippen LogP contribution is -2.20. The third-order valence-corrected chi connectivity index (χ3v) is 6.02. The molecule has 3 aromatic carbocycles. The Balaban J connectivity index is 1.71. The van der Waals surface area contributed by atoms with Crippen molar-refractivity contribution in [3.05, 3.63) is 90.3 Å². The summed E-state index contributed by atoms with van der Waals surface area (Å²) < 4.78 is 48.7. The lowest BCUT2D eigenvalue weighted by atomic mass is 10.1. The van der Waals surface area contributed by atoms with Crippen molar-refractivity contribution in [2.24, 2.45) is 0 Å². The second-order valence-corrected chi connectivity index (χ2v) is 8.30. The highest BCUT2D eigenvalue weighted by molar-refractivity contribution is 7.99. The number of aromatic nitrogens is 3. The van der Waals surface area contributed by atoms with Gasteiger partial charge in [0, 0.05) is 12.6 Å². The Hall–Kier alpha value is -3.79. The molecule has 0 aliphatic carbocycles. The van der Waals surface area contributed by atoms with E-state index in [0.717, 1.165) is 29.0 Å². The lowest BCUT2D eigenvalue weighted by Gasteiger charge is -2.17. The molecular weight excluding hydrogens is 477 g/mol. The Kier molecular flexibility index (Phi) is 7.40. The highest BCUT2D eigenvalue weighted by Crippen LogP contribution is 2.36. The van der Waals surface area contributed by atoms with Crippen molar-refractivity contribution in [1.82, 2.24) is 20.1 Å². The molecule has 1 heterocycles. The number of benzene rings is 3. The van der Waals surface area contributed by atoms with Crippen LogP contribution in [-0.4, -0.2) is 33.5 Å². The Morgan fingerprint density at radius 3 is 2.40 bits per heavy atom. The van der Waals surface area contributed by atoms with E-state index >= 15 is 0 Å². The molecule has 0 saturated heterocycles. The van der Waals surface area contributed by atoms with Gasteiger partial charge in [0.05, 0.1) is 17.0 Å². The van der Waals surface area contributed by atoms with E-state index in [9.17, 15) is 18.0 Å². The zero-order valence-corrected chi connectivity index (χ0v) is 19.4. The molecule has 10 heteroatoms. The monoisotopic (exact) mass is 498 g/mol. The molecule has 0 unspecified atom stereocenters. The molecular formula is C25H21F3N4O2S. The van der Waals surface area contributed by atoms with Gasteiger partial charge in [-0.2, -0.15) is 13.2 Å². The van der Waals surface area contributed by atoms with Gasteiger partial charge in [-0.15, -0.1) is 10.2 Å². The lowest BCUT2D eigenvalue weighted by molar-refractivity contribution is -0.137. The maximum absolute atomic E-state index is 13.8. The van der Waals surface area contributed by atoms with Gasteiger partial charge in [-0.3, -0.25) is 9.36 Å². The largest absolute Gasteiger partial charge is 0.485 e. The van der Waals surface area contributed by atoms with E-state index in [2.05, 4.69) is 15.5 Å². The van der Waals surface area contributed by atoms with Crippen molar-refractivity contribution >= 4 is 17.7 Å². The number of alkyl halides is 3. The Morgan fingerprint density at radius 1 is 0.971 bits per heavy atom. The second kappa shape index (κ2) is 10.6. The number of carbonyl (C=O) groups is 1. The highest BCUT2D eigenvalue weighted by Gasteiger charge is 2.35. The molecule has 180 valence electrons. The summed E-state index contributed by atoms with van der Waals surface area (Å²) in [6.07, 6.45) is -4.60. The molecule has 0 spiro atoms. The van der Waals surface area contributed by atoms with Gasteiger partial charge in [0.15, 0.2) is 11.0 Å². The number of halogens is 3. The van der Waals surface area contributed by atoms with Crippen molar-refractivity contribution in [3.8, 4) is 22.6 Å². The number of nitrogens with one attached hydrogen (secondary N) is 1. The molecule has 0 fully saturated rings. The van der Waals surface area contributed by atoms with Crippen molar-refractivity contribution in [2.45, 2.75) is 17.9 Å². The zero-order valence-electron chi connectivity index (χ0n) is 18.6. The van der Waals surface area contributed by atoms with E-state index in [1.165, 1.54) is 29.8 Å². The van der Waals surface area contributed by atoms with Gasteiger partial charge < -0.3 is 10.1 Å². The Labute approximate surface area is 204 Å². The molecule has 1 aromatic heterocycles. The standard InChI is InChI=1S/C25H21F3N4O2S/c1-29-23(33)16-35-24-31-30-22(32(24)20-13-7-6-12-19(20)25(26,27)28)15-34-21-14-8-5-11-18(21)17-9-3-2-4-10-17/h2-14H,15-16H2,1H3,(H,29,33). The average Bonchev–Trinajstić information content (AvgIpc) is 3.28. The van der Waals surface area contributed by atoms with Gasteiger partial charge in [-0.05, 0) is 23.8 Å². The van der Waals surface area contributed by atoms with E-state index in [-0.39, 0.29) is 34.9 Å². The Morgan fingerprint density at radius 2 is 1.66 bits per heavy atom. The summed E-state index contributed by atoms with van der Waals surface area (Å²) in [5.74, 6) is 0.407. The van der Waals surface area contributed by atoms with Crippen LogP contribution in [-0.2, 0) is 17.6 Å². The van der Waals surface area contributed by atoms with Gasteiger partial charge >= 0.3 is 6.18 Å². The maximum atomic E-state index is 13.8. The van der Waals surface area contributed by atoms with Crippen LogP contribution in [0.25, 0.3) is 16.8 Å². The summed E-state index contributed by atoms with van der Waals surface area (Å²) in [4.78, 5) is 11.8. The first-order chi connectivity index (χ1) is 16.9. The van der Waals surface area contributed by atoms with E-state index in [4.69, 9.17) is 4.74 Å². The molecule has 35 heavy (non-hydrogen) atoms. The van der Waals surface area contributed by atoms with Crippen molar-refractivity contribution < 1.29 is 22.7 Å². The summed E-state index contributed by atoms with van der Waals surface area (Å²) in [5, 5.41) is 10.8. The molecule has 4 aromatic rings. The fourth-order valence-electron chi connectivity index (χ4n) is 3.43. The Bertz CT molecular complexity index is 1310. The predicted octanol–water partition coefficient (Wildman–Crippen LogP) is 5.37. The van der Waals surface area contributed by atoms with Crippen LogP contribution in [0.1, 0.15) is 11.4 Å². The fraction of sp³-hybridized carbons (Fsp3) is 0.160. The van der Waals surface area contributed by atoms with Crippen molar-refractivity contribution in [3.63, 3.8) is 0 Å². The van der Waals surface area contributed by atoms with Gasteiger partial charge in [-0.1, -0.05) is 72.4 Å². The molecule has 0 radical (unpaired) electrons. The number of hydrogen-bond donors (Lipinski definition) is 1. The molecule has 0 atom stereocenters. The number of hydrogen-bond acceptors (Lipinski definition) is 5. The van der Waals surface area contributed by atoms with Crippen LogP contribution in [0.3, 0.4) is 0 Å². The van der Waals surface area contributed by atoms with Crippen LogP contribution >= 0.6 is 11.8 Å². The summed E-state index contributed by atoms with van der Waals surface area (Å²) in [6, 6.07) is 22.2. The minimum atomic E-state index is -4.60. The average molecular weight is 499 g/mol. The number of ether oxygens (including phenoxy) is 1. The highest BCUT2D eigenvalue weighted by atomic mass is 32.2. The molecule has 6 nitrogen and oxygen atoms in total. The molecule has 0 aliphatic rings. The quantitative estimate of drug-likeness (QED) is 0.331. The minimum absolute atomic E-state index is 0.0273. The first kappa shape index (κ1) is 24.3. The van der Waals surface area contributed by atoms with Gasteiger partial charge in [0.2, 0.25) is 5.91 Å². The molecule has 0 bridgehead atoms. The van der Waals surface area contributed by atoms with Crippen LogP contribution in [0.4, 0.5) is 13.2 Å². The van der Waals surface area contributed by atoms with E-state index in [0.29, 0.717) is 5.75 Å². The predicted molar refractivity (Wildman–Crippen MR) is 127 cm³/mol. The number of amides is 1. The van der Waals surface area contributed by atoms with Crippen LogP contribution in [0.5, 0.6) is 5.75 Å². The van der Waals surface area contributed by atoms with Crippen LogP contribution in [0.15, 0.2) is 84.0 Å². The topological polar surface area (TPSA) is 69.0 Å². The maximum Gasteiger partial charge on any atom is 0.418 e. The zero-order chi connectivity index (χ0) is 24.8. The summed E-state index contributed by atoms with van der Waals surface area (Å²) in [5.41, 5.74) is 0.796. The number of para-hydroxylation sites is 2. The summed E-state index contributed by atoms with van der Waals surface area (Å²) >= 11 is 0.991. The van der Waals surface area contributed by atoms with E-state index < -0.39 is 11.7 Å². The molecule has 0 saturated carbocycles. The third kappa shape index (κ3) is 5.65. The van der Waals surface area contributed by atoms with E-state index in [1.807, 2.05) is 48.5 Å². The van der Waals surface area contributed by atoms with Crippen molar-refractivity contribution in [1.29, 1.82) is 0 Å². The molecule has 1 amide bonds. The van der Waals surface area contributed by atoms with E-state index in [1.54, 1.807) is 6.07 Å². The van der Waals surface area contributed by atoms with Crippen LogP contribution < -0.4 is 10.1 Å². The SMILES string of the molecule is CNC(=O)CSc1nnc(COc2ccccc2-c2ccccc2)n1-c1ccccc1C(F)(F)F. The summed E-state index contributed by atoms with van der Waals surface area (Å²) in [7, 11) is 1.48. The molecule has 1 N–H and O–H groups in total. The minimum Gasteiger partial charge on any atom is -0.485 e. The second-order valence-electron chi connectivity index (χ2n) is 7.36. The summed E-state index contributed by atoms with van der Waals surface area (Å²) in [6.45, 7) is -0.135. The third-order valence-electron chi connectivity index (χ3n) is 5.09. The van der Waals surface area contributed by atoms with Crippen molar-refractivity contribution in [2.75, 3.05) is 12.8 Å². The van der Waals surface area contributed by atoms with Gasteiger partial charge in [-0.25, -0.2) is 0 Å². The van der Waals surface area contributed by atoms with Crippen LogP contribution in [0.2, 0.25) is 0 Å². The molecule has 4 rings (SSSR count). The number of thioether (sulfide) groups is 1. The van der Waals surface area contributed by atoms with Crippen LogP contribution in [0, 0.1) is 0 Å². The van der Waals surface area contributed by atoms with Gasteiger partial charge in [0.1, 0.15) is 12.4 Å². The first-order valence-corrected chi connectivity index (χ1v) is 11.6. The fourth-order valence-corrected chi connectivity index (χ4v) is 4.27. The number of carbonyl (C=O) groups excluding carboxylic acids is 1. The number of nitrogens with zero attached hydrogens (tertiary/aromatic N) is 3. The first-order valence-electron chi connectivity index (χ1n) is 10.6. The number of rotatable bonds is 8. The normalized spacial score (nSPS) is 11.3. The molecule has 0 aliphatic heterocycles. The van der Waals surface area contributed by atoms with Gasteiger partial charge in [0.25, 0.3) is 0 Å².